The molecule has 0 bridgehead atoms. The Bertz CT molecular complexity index is 444. The van der Waals surface area contributed by atoms with E-state index in [9.17, 15) is 13.2 Å². The largest absolute Gasteiger partial charge is 0.416 e. The van der Waals surface area contributed by atoms with Crippen LogP contribution in [0.5, 0.6) is 0 Å². The molecule has 0 fully saturated rings. The Balaban J connectivity index is 0.00000441. The first-order valence-electron chi connectivity index (χ1n) is 7.15. The molecule has 0 spiro atoms. The van der Waals surface area contributed by atoms with Crippen LogP contribution in [0.25, 0.3) is 0 Å². The third-order valence-corrected chi connectivity index (χ3v) is 2.83. The second kappa shape index (κ2) is 10.7. The minimum absolute atomic E-state index is 0. The zero-order valence-electron chi connectivity index (χ0n) is 12.8. The van der Waals surface area contributed by atoms with Gasteiger partial charge in [-0.25, -0.2) is 0 Å². The molecular formula is C15H23F3IN3. The van der Waals surface area contributed by atoms with Gasteiger partial charge in [-0.15, -0.1) is 24.0 Å². The molecule has 7 heteroatoms. The Morgan fingerprint density at radius 2 is 1.73 bits per heavy atom. The number of nitrogens with one attached hydrogen (secondary N) is 2. The summed E-state index contributed by atoms with van der Waals surface area (Å²) in [5.41, 5.74) is 0.249. The van der Waals surface area contributed by atoms with Gasteiger partial charge in [0.05, 0.1) is 5.56 Å². The number of hydrogen-bond acceptors (Lipinski definition) is 1. The van der Waals surface area contributed by atoms with Gasteiger partial charge in [0.1, 0.15) is 0 Å². The van der Waals surface area contributed by atoms with Crippen molar-refractivity contribution >= 4 is 29.9 Å². The van der Waals surface area contributed by atoms with E-state index in [1.54, 1.807) is 0 Å². The quantitative estimate of drug-likeness (QED) is 0.410. The van der Waals surface area contributed by atoms with Crippen molar-refractivity contribution in [2.45, 2.75) is 32.9 Å². The van der Waals surface area contributed by atoms with Gasteiger partial charge < -0.3 is 10.6 Å². The van der Waals surface area contributed by atoms with Gasteiger partial charge in [0, 0.05) is 19.6 Å². The van der Waals surface area contributed by atoms with Crippen molar-refractivity contribution in [1.29, 1.82) is 0 Å². The Hall–Kier alpha value is -0.990. The Labute approximate surface area is 146 Å². The molecule has 0 saturated carbocycles. The minimum atomic E-state index is -4.28. The second-order valence-corrected chi connectivity index (χ2v) is 4.63. The van der Waals surface area contributed by atoms with Crippen molar-refractivity contribution in [3.63, 3.8) is 0 Å². The van der Waals surface area contributed by atoms with Gasteiger partial charge in [0.2, 0.25) is 0 Å². The van der Waals surface area contributed by atoms with Crippen molar-refractivity contribution in [2.24, 2.45) is 4.99 Å². The average molecular weight is 429 g/mol. The lowest BCUT2D eigenvalue weighted by Crippen LogP contribution is -2.38. The second-order valence-electron chi connectivity index (χ2n) is 4.63. The maximum Gasteiger partial charge on any atom is 0.416 e. The lowest BCUT2D eigenvalue weighted by Gasteiger charge is -2.11. The normalized spacial score (nSPS) is 11.8. The number of guanidine groups is 1. The van der Waals surface area contributed by atoms with E-state index in [2.05, 4.69) is 22.5 Å². The number of rotatable bonds is 6. The van der Waals surface area contributed by atoms with E-state index in [1.165, 1.54) is 12.1 Å². The summed E-state index contributed by atoms with van der Waals surface area (Å²) in [7, 11) is 0. The summed E-state index contributed by atoms with van der Waals surface area (Å²) in [6.07, 6.45) is -2.66. The van der Waals surface area contributed by atoms with Crippen LogP contribution in [0.3, 0.4) is 0 Å². The fourth-order valence-electron chi connectivity index (χ4n) is 1.75. The topological polar surface area (TPSA) is 36.4 Å². The zero-order valence-corrected chi connectivity index (χ0v) is 15.2. The van der Waals surface area contributed by atoms with Crippen LogP contribution in [0.4, 0.5) is 13.2 Å². The number of hydrogen-bond donors (Lipinski definition) is 2. The Morgan fingerprint density at radius 3 is 2.23 bits per heavy atom. The van der Waals surface area contributed by atoms with Crippen LogP contribution >= 0.6 is 24.0 Å². The standard InChI is InChI=1S/C15H22F3N3.HI/c1-3-10-20-14(19-4-2)21-11-9-12-5-7-13(8-6-12)15(16,17)18;/h5-8H,3-4,9-11H2,1-2H3,(H2,19,20,21);1H. The van der Waals surface area contributed by atoms with Crippen molar-refractivity contribution in [2.75, 3.05) is 19.6 Å². The summed E-state index contributed by atoms with van der Waals surface area (Å²) in [4.78, 5) is 4.36. The van der Waals surface area contributed by atoms with Crippen molar-refractivity contribution in [3.8, 4) is 0 Å². The van der Waals surface area contributed by atoms with Crippen molar-refractivity contribution < 1.29 is 13.2 Å². The molecule has 3 nitrogen and oxygen atoms in total. The van der Waals surface area contributed by atoms with Gasteiger partial charge >= 0.3 is 6.18 Å². The number of halogens is 4. The van der Waals surface area contributed by atoms with Crippen molar-refractivity contribution in [3.05, 3.63) is 35.4 Å². The van der Waals surface area contributed by atoms with Gasteiger partial charge in [0.25, 0.3) is 0 Å². The summed E-state index contributed by atoms with van der Waals surface area (Å²) < 4.78 is 37.3. The molecule has 2 N–H and O–H groups in total. The summed E-state index contributed by atoms with van der Waals surface area (Å²) in [5, 5.41) is 6.29. The average Bonchev–Trinajstić information content (AvgIpc) is 2.44. The fraction of sp³-hybridized carbons (Fsp3) is 0.533. The third-order valence-electron chi connectivity index (χ3n) is 2.83. The molecule has 0 aliphatic rings. The van der Waals surface area contributed by atoms with E-state index in [0.717, 1.165) is 43.2 Å². The molecular weight excluding hydrogens is 406 g/mol. The molecule has 0 amide bonds. The molecule has 0 aromatic heterocycles. The summed E-state index contributed by atoms with van der Waals surface area (Å²) in [6.45, 7) is 6.18. The van der Waals surface area contributed by atoms with Gasteiger partial charge in [0.15, 0.2) is 5.96 Å². The fourth-order valence-corrected chi connectivity index (χ4v) is 1.75. The molecule has 0 aliphatic heterocycles. The highest BCUT2D eigenvalue weighted by molar-refractivity contribution is 14.0. The molecule has 0 aliphatic carbocycles. The first-order valence-corrected chi connectivity index (χ1v) is 7.15. The summed E-state index contributed by atoms with van der Waals surface area (Å²) in [5.74, 6) is 0.742. The molecule has 1 aromatic rings. The molecule has 0 atom stereocenters. The molecule has 1 aromatic carbocycles. The lowest BCUT2D eigenvalue weighted by atomic mass is 10.1. The van der Waals surface area contributed by atoms with E-state index < -0.39 is 11.7 Å². The van der Waals surface area contributed by atoms with Gasteiger partial charge in [-0.3, -0.25) is 4.99 Å². The smallest absolute Gasteiger partial charge is 0.357 e. The van der Waals surface area contributed by atoms with Gasteiger partial charge in [-0.2, -0.15) is 13.2 Å². The number of alkyl halides is 3. The number of nitrogens with zero attached hydrogens (tertiary/aromatic N) is 1. The van der Waals surface area contributed by atoms with Crippen LogP contribution in [-0.4, -0.2) is 25.6 Å². The molecule has 0 saturated heterocycles. The summed E-state index contributed by atoms with van der Waals surface area (Å²) in [6, 6.07) is 5.26. The van der Waals surface area contributed by atoms with E-state index in [4.69, 9.17) is 0 Å². The molecule has 126 valence electrons. The highest BCUT2D eigenvalue weighted by Gasteiger charge is 2.29. The SMILES string of the molecule is CCCN=C(NCC)NCCc1ccc(C(F)(F)F)cc1.I. The Kier molecular flexibility index (Phi) is 10.2. The Morgan fingerprint density at radius 1 is 1.09 bits per heavy atom. The number of benzene rings is 1. The predicted molar refractivity (Wildman–Crippen MR) is 94.8 cm³/mol. The van der Waals surface area contributed by atoms with E-state index >= 15 is 0 Å². The molecule has 1 rings (SSSR count). The van der Waals surface area contributed by atoms with Crippen LogP contribution in [0, 0.1) is 0 Å². The van der Waals surface area contributed by atoms with Crippen LogP contribution in [-0.2, 0) is 12.6 Å². The minimum Gasteiger partial charge on any atom is -0.357 e. The maximum atomic E-state index is 12.4. The van der Waals surface area contributed by atoms with Crippen LogP contribution < -0.4 is 10.6 Å². The van der Waals surface area contributed by atoms with Crippen LogP contribution in [0.1, 0.15) is 31.4 Å². The molecule has 0 radical (unpaired) electrons. The summed E-state index contributed by atoms with van der Waals surface area (Å²) >= 11 is 0. The highest BCUT2D eigenvalue weighted by Crippen LogP contribution is 2.29. The predicted octanol–water partition coefficient (Wildman–Crippen LogP) is 3.83. The maximum absolute atomic E-state index is 12.4. The van der Waals surface area contributed by atoms with E-state index in [-0.39, 0.29) is 24.0 Å². The zero-order chi connectivity index (χ0) is 15.7. The van der Waals surface area contributed by atoms with Crippen LogP contribution in [0.15, 0.2) is 29.3 Å². The van der Waals surface area contributed by atoms with E-state index in [1.807, 2.05) is 6.92 Å². The molecule has 0 unspecified atom stereocenters. The van der Waals surface area contributed by atoms with Crippen LogP contribution in [0.2, 0.25) is 0 Å². The highest BCUT2D eigenvalue weighted by atomic mass is 127. The number of aliphatic imine (C=N–C) groups is 1. The first kappa shape index (κ1) is 21.0. The first-order chi connectivity index (χ1) is 9.97. The van der Waals surface area contributed by atoms with E-state index in [0.29, 0.717) is 13.0 Å². The molecule has 22 heavy (non-hydrogen) atoms. The monoisotopic (exact) mass is 429 g/mol. The van der Waals surface area contributed by atoms with Gasteiger partial charge in [-0.05, 0) is 37.5 Å². The third kappa shape index (κ3) is 7.86. The lowest BCUT2D eigenvalue weighted by molar-refractivity contribution is -0.137. The van der Waals surface area contributed by atoms with Gasteiger partial charge in [-0.1, -0.05) is 19.1 Å². The van der Waals surface area contributed by atoms with Crippen molar-refractivity contribution in [1.82, 2.24) is 10.6 Å². The molecule has 0 heterocycles.